The van der Waals surface area contributed by atoms with Crippen LogP contribution >= 0.6 is 0 Å². The van der Waals surface area contributed by atoms with Gasteiger partial charge in [0.1, 0.15) is 0 Å². The van der Waals surface area contributed by atoms with E-state index < -0.39 is 34.9 Å². The molecule has 0 aliphatic heterocycles. The van der Waals surface area contributed by atoms with E-state index in [1.165, 1.54) is 0 Å². The van der Waals surface area contributed by atoms with Gasteiger partial charge in [0.05, 0.1) is 35.1 Å². The van der Waals surface area contributed by atoms with Crippen LogP contribution in [0.2, 0.25) is 0 Å². The molecule has 2 aromatic carbocycles. The summed E-state index contributed by atoms with van der Waals surface area (Å²) in [5.74, 6) is -2.33. The van der Waals surface area contributed by atoms with Crippen molar-refractivity contribution in [3.8, 4) is 0 Å². The van der Waals surface area contributed by atoms with Crippen molar-refractivity contribution in [3.05, 3.63) is 84.2 Å². The maximum atomic E-state index is 11.2. The van der Waals surface area contributed by atoms with Gasteiger partial charge in [0, 0.05) is 46.7 Å². The number of carboxylic acid groups (broad SMARTS) is 2. The largest absolute Gasteiger partial charge is 1.00 e. The van der Waals surface area contributed by atoms with Crippen LogP contribution in [0.25, 0.3) is 21.8 Å². The van der Waals surface area contributed by atoms with E-state index in [0.717, 1.165) is 32.9 Å². The zero-order chi connectivity index (χ0) is 29.5. The second kappa shape index (κ2) is 16.9. The number of nitrogens with zero attached hydrogens (tertiary/aromatic N) is 4. The first-order valence-electron chi connectivity index (χ1n) is 12.9. The van der Waals surface area contributed by atoms with Crippen LogP contribution in [0.5, 0.6) is 0 Å². The first kappa shape index (κ1) is 38.2. The number of pyridine rings is 2. The monoisotopic (exact) mass is 600 g/mol. The van der Waals surface area contributed by atoms with Crippen LogP contribution in [0, 0.1) is 10.8 Å². The quantitative estimate of drug-likeness (QED) is 0.180. The summed E-state index contributed by atoms with van der Waals surface area (Å²) in [6.45, 7) is 11.0. The molecule has 0 bridgehead atoms. The molecular formula is C32H34KN4NaO4. The smallest absolute Gasteiger partial charge is 0.548 e. The van der Waals surface area contributed by atoms with Gasteiger partial charge in [-0.3, -0.25) is 20.0 Å². The van der Waals surface area contributed by atoms with Crippen molar-refractivity contribution in [2.75, 3.05) is 0 Å². The minimum Gasteiger partial charge on any atom is -0.548 e. The van der Waals surface area contributed by atoms with Crippen molar-refractivity contribution < 1.29 is 101 Å². The molecule has 0 saturated heterocycles. The molecule has 0 radical (unpaired) electrons. The fraction of sp³-hybridized carbons (Fsp3) is 0.312. The summed E-state index contributed by atoms with van der Waals surface area (Å²) in [7, 11) is 0. The average molecular weight is 601 g/mol. The summed E-state index contributed by atoms with van der Waals surface area (Å²) >= 11 is 0. The van der Waals surface area contributed by atoms with Crippen molar-refractivity contribution in [2.45, 2.75) is 53.6 Å². The number of carbonyl (C=O) groups is 2. The molecule has 42 heavy (non-hydrogen) atoms. The number of aromatic nitrogens is 2. The third-order valence-electron chi connectivity index (χ3n) is 6.14. The molecule has 0 aliphatic rings. The summed E-state index contributed by atoms with van der Waals surface area (Å²) < 4.78 is 0. The maximum Gasteiger partial charge on any atom is 1.00 e. The zero-order valence-corrected chi connectivity index (χ0v) is 30.8. The van der Waals surface area contributed by atoms with Crippen LogP contribution in [0.4, 0.5) is 0 Å². The maximum absolute atomic E-state index is 11.2. The summed E-state index contributed by atoms with van der Waals surface area (Å²) in [6.07, 6.45) is 6.56. The molecule has 4 aromatic rings. The van der Waals surface area contributed by atoms with Crippen molar-refractivity contribution >= 4 is 46.2 Å². The van der Waals surface area contributed by atoms with Crippen molar-refractivity contribution in [1.82, 2.24) is 9.97 Å². The van der Waals surface area contributed by atoms with Gasteiger partial charge < -0.3 is 19.8 Å². The van der Waals surface area contributed by atoms with Crippen LogP contribution < -0.4 is 91.2 Å². The molecule has 0 fully saturated rings. The third kappa shape index (κ3) is 10.7. The van der Waals surface area contributed by atoms with E-state index in [0.29, 0.717) is 0 Å². The molecule has 2 atom stereocenters. The van der Waals surface area contributed by atoms with Gasteiger partial charge in [0.15, 0.2) is 0 Å². The molecule has 10 heteroatoms. The molecule has 0 saturated carbocycles. The molecule has 8 nitrogen and oxygen atoms in total. The van der Waals surface area contributed by atoms with Gasteiger partial charge >= 0.3 is 80.9 Å². The van der Waals surface area contributed by atoms with Crippen LogP contribution in [0.3, 0.4) is 0 Å². The Hall–Kier alpha value is -1.82. The number of aliphatic imine (C=N–C) groups is 2. The Balaban J connectivity index is 0.000000401. The number of carboxylic acids is 2. The Bertz CT molecular complexity index is 1430. The first-order chi connectivity index (χ1) is 18.8. The fourth-order valence-electron chi connectivity index (χ4n) is 4.05. The van der Waals surface area contributed by atoms with Gasteiger partial charge in [-0.05, 0) is 23.0 Å². The number of hydrogen-bond acceptors (Lipinski definition) is 8. The first-order valence-corrected chi connectivity index (χ1v) is 12.9. The van der Waals surface area contributed by atoms with E-state index in [1.54, 1.807) is 24.8 Å². The second-order valence-corrected chi connectivity index (χ2v) is 11.6. The standard InChI is InChI=1S/2C16H18N2O2.K.Na/c2*1-16(2,3)14(15(19)20)18-10-12-7-4-6-11-8-5-9-17-13(11)12;;/h2*4-10,14H,1-3H3,(H,19,20);;/q;;2*+1/p-2/t2*14-;;/m11../s1. The van der Waals surface area contributed by atoms with E-state index in [1.807, 2.05) is 102 Å². The number of hydrogen-bond donors (Lipinski definition) is 0. The molecule has 0 N–H and O–H groups in total. The van der Waals surface area contributed by atoms with Crippen LogP contribution in [0.15, 0.2) is 83.0 Å². The van der Waals surface area contributed by atoms with Gasteiger partial charge in [0.2, 0.25) is 0 Å². The number of aliphatic carboxylic acids is 2. The van der Waals surface area contributed by atoms with Crippen molar-refractivity contribution in [2.24, 2.45) is 20.8 Å². The Morgan fingerprint density at radius 3 is 1.31 bits per heavy atom. The molecule has 0 aliphatic carbocycles. The minimum absolute atomic E-state index is 0. The summed E-state index contributed by atoms with van der Waals surface area (Å²) in [4.78, 5) is 39.4. The molecule has 0 amide bonds. The number of carbonyl (C=O) groups excluding carboxylic acids is 2. The number of para-hydroxylation sites is 2. The SMILES string of the molecule is CC(C)(C)[C@H](N=Cc1cccc2cccnc12)C(=O)[O-].CC(C)(C)[C@H](N=Cc1cccc2cccnc12)C(=O)[O-].[K+].[Na+]. The number of fused-ring (bicyclic) bond motifs is 2. The van der Waals surface area contributed by atoms with Crippen molar-refractivity contribution in [3.63, 3.8) is 0 Å². The molecule has 208 valence electrons. The predicted molar refractivity (Wildman–Crippen MR) is 155 cm³/mol. The Morgan fingerprint density at radius 2 is 1.00 bits per heavy atom. The van der Waals surface area contributed by atoms with Crippen molar-refractivity contribution in [1.29, 1.82) is 0 Å². The van der Waals surface area contributed by atoms with Gasteiger partial charge in [0.25, 0.3) is 0 Å². The molecule has 2 heterocycles. The topological polar surface area (TPSA) is 131 Å². The molecule has 0 unspecified atom stereocenters. The van der Waals surface area contributed by atoms with Gasteiger partial charge in [-0.1, -0.05) is 90.1 Å². The Morgan fingerprint density at radius 1 is 0.667 bits per heavy atom. The molecule has 4 rings (SSSR count). The molecular weight excluding hydrogens is 566 g/mol. The van der Waals surface area contributed by atoms with E-state index >= 15 is 0 Å². The van der Waals surface area contributed by atoms with E-state index in [2.05, 4.69) is 20.0 Å². The van der Waals surface area contributed by atoms with E-state index in [9.17, 15) is 19.8 Å². The third-order valence-corrected chi connectivity index (χ3v) is 6.14. The second-order valence-electron chi connectivity index (χ2n) is 11.6. The van der Waals surface area contributed by atoms with Crippen LogP contribution in [-0.2, 0) is 9.59 Å². The molecule has 0 spiro atoms. The number of rotatable bonds is 6. The van der Waals surface area contributed by atoms with Gasteiger partial charge in [-0.15, -0.1) is 0 Å². The van der Waals surface area contributed by atoms with Crippen LogP contribution in [0.1, 0.15) is 52.7 Å². The normalized spacial score (nSPS) is 13.1. The van der Waals surface area contributed by atoms with E-state index in [4.69, 9.17) is 0 Å². The Labute approximate surface area is 311 Å². The van der Waals surface area contributed by atoms with E-state index in [-0.39, 0.29) is 80.9 Å². The minimum atomic E-state index is -1.16. The predicted octanol–water partition coefficient (Wildman–Crippen LogP) is -2.36. The summed E-state index contributed by atoms with van der Waals surface area (Å²) in [5, 5.41) is 24.4. The van der Waals surface area contributed by atoms with Gasteiger partial charge in [-0.25, -0.2) is 0 Å². The van der Waals surface area contributed by atoms with Gasteiger partial charge in [-0.2, -0.15) is 0 Å². The summed E-state index contributed by atoms with van der Waals surface area (Å²) in [6, 6.07) is 17.3. The Kier molecular flexibility index (Phi) is 15.3. The molecule has 2 aromatic heterocycles. The zero-order valence-electron chi connectivity index (χ0n) is 25.7. The summed E-state index contributed by atoms with van der Waals surface area (Å²) in [5.41, 5.74) is 2.24. The fourth-order valence-corrected chi connectivity index (χ4v) is 4.05. The van der Waals surface area contributed by atoms with Crippen LogP contribution in [-0.4, -0.2) is 46.4 Å². The number of benzene rings is 2. The average Bonchev–Trinajstić information content (AvgIpc) is 2.87.